The number of alkyl halides is 1. The van der Waals surface area contributed by atoms with Crippen molar-refractivity contribution < 1.29 is 4.79 Å². The molecule has 1 amide bonds. The van der Waals surface area contributed by atoms with Crippen molar-refractivity contribution in [3.8, 4) is 0 Å². The van der Waals surface area contributed by atoms with E-state index in [1.54, 1.807) is 0 Å². The van der Waals surface area contributed by atoms with Gasteiger partial charge in [-0.15, -0.1) is 22.9 Å². The first kappa shape index (κ1) is 9.99. The van der Waals surface area contributed by atoms with Crippen LogP contribution < -0.4 is 5.32 Å². The van der Waals surface area contributed by atoms with Gasteiger partial charge in [0, 0.05) is 5.88 Å². The van der Waals surface area contributed by atoms with Crippen molar-refractivity contribution in [1.29, 1.82) is 0 Å². The molecule has 0 saturated heterocycles. The van der Waals surface area contributed by atoms with Gasteiger partial charge in [-0.3, -0.25) is 4.79 Å². The monoisotopic (exact) mass is 229 g/mol. The summed E-state index contributed by atoms with van der Waals surface area (Å²) in [5.74, 6) is 0.541. The highest BCUT2D eigenvalue weighted by molar-refractivity contribution is 7.12. The first-order valence-corrected chi connectivity index (χ1v) is 6.01. The van der Waals surface area contributed by atoms with Gasteiger partial charge >= 0.3 is 0 Å². The van der Waals surface area contributed by atoms with Crippen molar-refractivity contribution >= 4 is 28.8 Å². The highest BCUT2D eigenvalue weighted by atomic mass is 35.5. The minimum absolute atomic E-state index is 0.0238. The van der Waals surface area contributed by atoms with Gasteiger partial charge in [0.2, 0.25) is 0 Å². The molecule has 1 aromatic rings. The third-order valence-corrected chi connectivity index (χ3v) is 4.08. The van der Waals surface area contributed by atoms with E-state index in [0.717, 1.165) is 23.3 Å². The van der Waals surface area contributed by atoms with Crippen LogP contribution in [0, 0.1) is 6.92 Å². The molecule has 0 spiro atoms. The third kappa shape index (κ3) is 1.79. The second-order valence-electron chi connectivity index (χ2n) is 3.80. The third-order valence-electron chi connectivity index (χ3n) is 2.56. The lowest BCUT2D eigenvalue weighted by Crippen LogP contribution is -2.38. The van der Waals surface area contributed by atoms with Gasteiger partial charge < -0.3 is 5.32 Å². The number of hydrogen-bond donors (Lipinski definition) is 1. The Hall–Kier alpha value is -0.540. The SMILES string of the molecule is Cc1ccsc1C(=O)NC1(CCl)CC1. The number of rotatable bonds is 3. The number of carbonyl (C=O) groups is 1. The summed E-state index contributed by atoms with van der Waals surface area (Å²) >= 11 is 7.27. The molecule has 1 heterocycles. The van der Waals surface area contributed by atoms with Gasteiger partial charge in [0.1, 0.15) is 0 Å². The fraction of sp³-hybridized carbons (Fsp3) is 0.500. The topological polar surface area (TPSA) is 29.1 Å². The lowest BCUT2D eigenvalue weighted by atomic mass is 10.2. The summed E-state index contributed by atoms with van der Waals surface area (Å²) in [7, 11) is 0. The van der Waals surface area contributed by atoms with Crippen molar-refractivity contribution in [3.05, 3.63) is 21.9 Å². The van der Waals surface area contributed by atoms with E-state index in [-0.39, 0.29) is 11.4 Å². The predicted molar refractivity (Wildman–Crippen MR) is 59.2 cm³/mol. The van der Waals surface area contributed by atoms with Gasteiger partial charge in [-0.05, 0) is 36.8 Å². The van der Waals surface area contributed by atoms with E-state index in [1.165, 1.54) is 11.3 Å². The molecule has 0 unspecified atom stereocenters. The number of nitrogens with one attached hydrogen (secondary N) is 1. The molecule has 1 aromatic heterocycles. The van der Waals surface area contributed by atoms with Crippen molar-refractivity contribution in [1.82, 2.24) is 5.32 Å². The van der Waals surface area contributed by atoms with Crippen molar-refractivity contribution in [2.75, 3.05) is 5.88 Å². The van der Waals surface area contributed by atoms with Gasteiger partial charge in [-0.1, -0.05) is 0 Å². The van der Waals surface area contributed by atoms with Crippen LogP contribution in [-0.4, -0.2) is 17.3 Å². The number of carbonyl (C=O) groups excluding carboxylic acids is 1. The Bertz CT molecular complexity index is 357. The summed E-state index contributed by atoms with van der Waals surface area (Å²) < 4.78 is 0. The fourth-order valence-corrected chi connectivity index (χ4v) is 2.50. The van der Waals surface area contributed by atoms with E-state index in [2.05, 4.69) is 5.32 Å². The molecule has 1 N–H and O–H groups in total. The standard InChI is InChI=1S/C10H12ClNOS/c1-7-2-5-14-8(7)9(13)12-10(6-11)3-4-10/h2,5H,3-4,6H2,1H3,(H,12,13). The molecule has 2 nitrogen and oxygen atoms in total. The maximum atomic E-state index is 11.8. The van der Waals surface area contributed by atoms with Crippen LogP contribution in [0.2, 0.25) is 0 Å². The van der Waals surface area contributed by atoms with E-state index in [9.17, 15) is 4.79 Å². The molecule has 4 heteroatoms. The van der Waals surface area contributed by atoms with Crippen LogP contribution in [0.3, 0.4) is 0 Å². The Balaban J connectivity index is 2.07. The molecule has 2 rings (SSSR count). The number of hydrogen-bond acceptors (Lipinski definition) is 2. The zero-order valence-electron chi connectivity index (χ0n) is 7.97. The van der Waals surface area contributed by atoms with E-state index < -0.39 is 0 Å². The smallest absolute Gasteiger partial charge is 0.262 e. The van der Waals surface area contributed by atoms with E-state index >= 15 is 0 Å². The second kappa shape index (κ2) is 3.55. The second-order valence-corrected chi connectivity index (χ2v) is 4.98. The van der Waals surface area contributed by atoms with Crippen LogP contribution in [0.25, 0.3) is 0 Å². The summed E-state index contributed by atoms with van der Waals surface area (Å²) in [6.07, 6.45) is 2.01. The Morgan fingerprint density at radius 3 is 2.86 bits per heavy atom. The zero-order chi connectivity index (χ0) is 10.2. The molecular weight excluding hydrogens is 218 g/mol. The van der Waals surface area contributed by atoms with Crippen LogP contribution >= 0.6 is 22.9 Å². The minimum Gasteiger partial charge on any atom is -0.345 e. The van der Waals surface area contributed by atoms with Crippen molar-refractivity contribution in [3.63, 3.8) is 0 Å². The first-order valence-electron chi connectivity index (χ1n) is 4.59. The largest absolute Gasteiger partial charge is 0.345 e. The number of halogens is 1. The molecule has 14 heavy (non-hydrogen) atoms. The summed E-state index contributed by atoms with van der Waals surface area (Å²) in [5.41, 5.74) is 0.938. The molecule has 0 aromatic carbocycles. The summed E-state index contributed by atoms with van der Waals surface area (Å²) in [6, 6.07) is 1.96. The Morgan fingerprint density at radius 2 is 2.43 bits per heavy atom. The molecule has 1 aliphatic carbocycles. The van der Waals surface area contributed by atoms with Gasteiger partial charge in [0.25, 0.3) is 5.91 Å². The summed E-state index contributed by atoms with van der Waals surface area (Å²) in [4.78, 5) is 12.6. The average molecular weight is 230 g/mol. The number of amides is 1. The number of aryl methyl sites for hydroxylation is 1. The van der Waals surface area contributed by atoms with Crippen LogP contribution in [0.15, 0.2) is 11.4 Å². The van der Waals surface area contributed by atoms with Gasteiger partial charge in [-0.2, -0.15) is 0 Å². The quantitative estimate of drug-likeness (QED) is 0.794. The highest BCUT2D eigenvalue weighted by Crippen LogP contribution is 2.36. The van der Waals surface area contributed by atoms with E-state index in [1.807, 2.05) is 18.4 Å². The summed E-state index contributed by atoms with van der Waals surface area (Å²) in [6.45, 7) is 1.95. The Morgan fingerprint density at radius 1 is 1.71 bits per heavy atom. The first-order chi connectivity index (χ1) is 6.67. The van der Waals surface area contributed by atoms with Gasteiger partial charge in [0.15, 0.2) is 0 Å². The fourth-order valence-electron chi connectivity index (χ4n) is 1.35. The lowest BCUT2D eigenvalue weighted by molar-refractivity contribution is 0.0939. The van der Waals surface area contributed by atoms with E-state index in [4.69, 9.17) is 11.6 Å². The molecule has 0 bridgehead atoms. The van der Waals surface area contributed by atoms with Crippen LogP contribution in [0.1, 0.15) is 28.1 Å². The van der Waals surface area contributed by atoms with Crippen molar-refractivity contribution in [2.24, 2.45) is 0 Å². The van der Waals surface area contributed by atoms with E-state index in [0.29, 0.717) is 5.88 Å². The molecule has 1 saturated carbocycles. The van der Waals surface area contributed by atoms with Gasteiger partial charge in [-0.25, -0.2) is 0 Å². The predicted octanol–water partition coefficient (Wildman–Crippen LogP) is 2.56. The molecule has 0 radical (unpaired) electrons. The minimum atomic E-state index is -0.102. The molecule has 0 atom stereocenters. The number of thiophene rings is 1. The lowest BCUT2D eigenvalue weighted by Gasteiger charge is -2.13. The molecule has 1 aliphatic rings. The average Bonchev–Trinajstić information content (AvgIpc) is 2.80. The summed E-state index contributed by atoms with van der Waals surface area (Å²) in [5, 5.41) is 4.93. The van der Waals surface area contributed by atoms with Crippen molar-refractivity contribution in [2.45, 2.75) is 25.3 Å². The maximum absolute atomic E-state index is 11.8. The van der Waals surface area contributed by atoms with Crippen LogP contribution in [-0.2, 0) is 0 Å². The van der Waals surface area contributed by atoms with Crippen LogP contribution in [0.4, 0.5) is 0 Å². The molecule has 1 fully saturated rings. The normalized spacial score (nSPS) is 17.9. The Labute approximate surface area is 92.3 Å². The Kier molecular flexibility index (Phi) is 2.54. The maximum Gasteiger partial charge on any atom is 0.262 e. The molecule has 76 valence electrons. The molecule has 0 aliphatic heterocycles. The zero-order valence-corrected chi connectivity index (χ0v) is 9.54. The van der Waals surface area contributed by atoms with Crippen LogP contribution in [0.5, 0.6) is 0 Å². The van der Waals surface area contributed by atoms with Gasteiger partial charge in [0.05, 0.1) is 10.4 Å². The highest BCUT2D eigenvalue weighted by Gasteiger charge is 2.43. The molecular formula is C10H12ClNOS.